The molecule has 0 amide bonds. The second kappa shape index (κ2) is 2.96. The van der Waals surface area contributed by atoms with E-state index < -0.39 is 0 Å². The highest BCUT2D eigenvalue weighted by atomic mass is 79.9. The molecule has 0 N–H and O–H groups in total. The van der Waals surface area contributed by atoms with E-state index in [0.717, 1.165) is 10.2 Å². The average Bonchev–Trinajstić information content (AvgIpc) is 2.70. The van der Waals surface area contributed by atoms with Crippen molar-refractivity contribution in [3.63, 3.8) is 0 Å². The Morgan fingerprint density at radius 3 is 2.83 bits per heavy atom. The Morgan fingerprint density at radius 2 is 2.42 bits per heavy atom. The molecule has 1 heterocycles. The summed E-state index contributed by atoms with van der Waals surface area (Å²) in [6.07, 6.45) is 1.06. The van der Waals surface area contributed by atoms with Gasteiger partial charge < -0.3 is 0 Å². The van der Waals surface area contributed by atoms with Gasteiger partial charge in [-0.1, -0.05) is 0 Å². The van der Waals surface area contributed by atoms with Crippen LogP contribution in [0.2, 0.25) is 0 Å². The number of carbonyl (C=O) groups is 1. The van der Waals surface area contributed by atoms with Crippen molar-refractivity contribution in [2.75, 3.05) is 0 Å². The number of hydrogen-bond donors (Lipinski definition) is 0. The maximum Gasteiger partial charge on any atom is 0.133 e. The van der Waals surface area contributed by atoms with Crippen LogP contribution in [0.1, 0.15) is 24.1 Å². The molecule has 1 aromatic heterocycles. The van der Waals surface area contributed by atoms with Gasteiger partial charge in [-0.05, 0) is 41.4 Å². The summed E-state index contributed by atoms with van der Waals surface area (Å²) in [5, 5.41) is 0. The normalized spacial score (nSPS) is 27.2. The highest BCUT2D eigenvalue weighted by molar-refractivity contribution is 9.11. The van der Waals surface area contributed by atoms with Gasteiger partial charge in [0, 0.05) is 16.7 Å². The lowest BCUT2D eigenvalue weighted by Crippen LogP contribution is -1.93. The van der Waals surface area contributed by atoms with Gasteiger partial charge in [0.1, 0.15) is 5.78 Å². The van der Waals surface area contributed by atoms with Crippen molar-refractivity contribution in [3.8, 4) is 0 Å². The number of rotatable bonds is 2. The van der Waals surface area contributed by atoms with Crippen LogP contribution in [-0.2, 0) is 4.79 Å². The Hall–Kier alpha value is -0.150. The third-order valence-electron chi connectivity index (χ3n) is 2.27. The van der Waals surface area contributed by atoms with Gasteiger partial charge in [-0.15, -0.1) is 11.3 Å². The summed E-state index contributed by atoms with van der Waals surface area (Å²) < 4.78 is 1.16. The van der Waals surface area contributed by atoms with Gasteiger partial charge in [0.2, 0.25) is 0 Å². The van der Waals surface area contributed by atoms with Crippen molar-refractivity contribution in [2.45, 2.75) is 19.3 Å². The summed E-state index contributed by atoms with van der Waals surface area (Å²) in [4.78, 5) is 12.3. The number of Topliss-reactive ketones (excluding diaryl/α,β-unsaturated/α-hetero) is 1. The van der Waals surface area contributed by atoms with Crippen LogP contribution >= 0.6 is 27.3 Å². The summed E-state index contributed by atoms with van der Waals surface area (Å²) in [6.45, 7) is 1.69. The van der Waals surface area contributed by atoms with Crippen molar-refractivity contribution >= 4 is 33.0 Å². The molecule has 3 heteroatoms. The van der Waals surface area contributed by atoms with Gasteiger partial charge in [-0.3, -0.25) is 4.79 Å². The first-order valence-electron chi connectivity index (χ1n) is 3.94. The number of thiophene rings is 1. The Bertz CT molecular complexity index is 318. The number of hydrogen-bond acceptors (Lipinski definition) is 2. The molecule has 0 radical (unpaired) electrons. The van der Waals surface area contributed by atoms with Gasteiger partial charge in [-0.25, -0.2) is 0 Å². The summed E-state index contributed by atoms with van der Waals surface area (Å²) in [6, 6.07) is 4.16. The van der Waals surface area contributed by atoms with Crippen LogP contribution < -0.4 is 0 Å². The summed E-state index contributed by atoms with van der Waals surface area (Å²) in [7, 11) is 0. The van der Waals surface area contributed by atoms with Crippen molar-refractivity contribution in [1.29, 1.82) is 0 Å². The molecule has 1 fully saturated rings. The van der Waals surface area contributed by atoms with E-state index in [0.29, 0.717) is 17.6 Å². The van der Waals surface area contributed by atoms with Crippen molar-refractivity contribution < 1.29 is 4.79 Å². The molecule has 2 atom stereocenters. The molecule has 1 aromatic rings. The minimum absolute atomic E-state index is 0.315. The van der Waals surface area contributed by atoms with Crippen LogP contribution in [0.5, 0.6) is 0 Å². The molecule has 0 aromatic carbocycles. The van der Waals surface area contributed by atoms with E-state index in [1.165, 1.54) is 4.88 Å². The maximum absolute atomic E-state index is 11.0. The molecule has 0 saturated heterocycles. The van der Waals surface area contributed by atoms with Crippen LogP contribution in [-0.4, -0.2) is 5.78 Å². The third kappa shape index (κ3) is 1.48. The molecule has 64 valence electrons. The third-order valence-corrected chi connectivity index (χ3v) is 4.03. The Balaban J connectivity index is 2.10. The largest absolute Gasteiger partial charge is 0.300 e. The summed E-state index contributed by atoms with van der Waals surface area (Å²) in [5.74, 6) is 1.18. The molecule has 2 unspecified atom stereocenters. The van der Waals surface area contributed by atoms with E-state index in [1.54, 1.807) is 18.3 Å². The second-order valence-electron chi connectivity index (χ2n) is 3.20. The molecular formula is C9H9BrOS. The zero-order valence-electron chi connectivity index (χ0n) is 6.71. The standard InChI is InChI=1S/C9H9BrOS/c1-5(11)6-4-7(6)8-2-3-9(10)12-8/h2-3,6-7H,4H2,1H3. The van der Waals surface area contributed by atoms with Gasteiger partial charge in [0.05, 0.1) is 3.79 Å². The van der Waals surface area contributed by atoms with E-state index in [-0.39, 0.29) is 0 Å². The smallest absolute Gasteiger partial charge is 0.133 e. The van der Waals surface area contributed by atoms with Crippen molar-refractivity contribution in [1.82, 2.24) is 0 Å². The topological polar surface area (TPSA) is 17.1 Å². The van der Waals surface area contributed by atoms with E-state index in [1.807, 2.05) is 0 Å². The minimum Gasteiger partial charge on any atom is -0.300 e. The van der Waals surface area contributed by atoms with Crippen LogP contribution in [0.25, 0.3) is 0 Å². The minimum atomic E-state index is 0.315. The molecule has 1 aliphatic rings. The fourth-order valence-electron chi connectivity index (χ4n) is 1.49. The van der Waals surface area contributed by atoms with Gasteiger partial charge in [0.25, 0.3) is 0 Å². The molecule has 1 saturated carbocycles. The molecule has 2 rings (SSSR count). The maximum atomic E-state index is 11.0. The first-order chi connectivity index (χ1) is 5.68. The molecule has 1 aliphatic carbocycles. The molecule has 0 aliphatic heterocycles. The Kier molecular flexibility index (Phi) is 2.09. The van der Waals surface area contributed by atoms with E-state index in [4.69, 9.17) is 0 Å². The number of carbonyl (C=O) groups excluding carboxylic acids is 1. The molecule has 0 bridgehead atoms. The predicted octanol–water partition coefficient (Wildman–Crippen LogP) is 3.20. The zero-order chi connectivity index (χ0) is 8.72. The van der Waals surface area contributed by atoms with Gasteiger partial charge in [-0.2, -0.15) is 0 Å². The van der Waals surface area contributed by atoms with Crippen LogP contribution in [0.15, 0.2) is 15.9 Å². The molecule has 12 heavy (non-hydrogen) atoms. The van der Waals surface area contributed by atoms with E-state index in [2.05, 4.69) is 28.1 Å². The van der Waals surface area contributed by atoms with Gasteiger partial charge >= 0.3 is 0 Å². The van der Waals surface area contributed by atoms with E-state index in [9.17, 15) is 4.79 Å². The van der Waals surface area contributed by atoms with Crippen molar-refractivity contribution in [3.05, 3.63) is 20.8 Å². The lowest BCUT2D eigenvalue weighted by molar-refractivity contribution is -0.118. The summed E-state index contributed by atoms with van der Waals surface area (Å²) >= 11 is 5.16. The van der Waals surface area contributed by atoms with E-state index >= 15 is 0 Å². The number of ketones is 1. The highest BCUT2D eigenvalue weighted by Crippen LogP contribution is 2.50. The van der Waals surface area contributed by atoms with Gasteiger partial charge in [0.15, 0.2) is 0 Å². The monoisotopic (exact) mass is 244 g/mol. The SMILES string of the molecule is CC(=O)C1CC1c1ccc(Br)s1. The van der Waals surface area contributed by atoms with Crippen molar-refractivity contribution in [2.24, 2.45) is 5.92 Å². The van der Waals surface area contributed by atoms with Crippen LogP contribution in [0.4, 0.5) is 0 Å². The number of halogens is 1. The van der Waals surface area contributed by atoms with Crippen LogP contribution in [0, 0.1) is 5.92 Å². The quantitative estimate of drug-likeness (QED) is 0.781. The Labute approximate surface area is 83.9 Å². The lowest BCUT2D eigenvalue weighted by atomic mass is 10.2. The van der Waals surface area contributed by atoms with Crippen LogP contribution in [0.3, 0.4) is 0 Å². The lowest BCUT2D eigenvalue weighted by Gasteiger charge is -1.90. The fourth-order valence-corrected chi connectivity index (χ4v) is 3.09. The summed E-state index contributed by atoms with van der Waals surface area (Å²) in [5.41, 5.74) is 0. The Morgan fingerprint density at radius 1 is 1.67 bits per heavy atom. The predicted molar refractivity (Wildman–Crippen MR) is 53.5 cm³/mol. The average molecular weight is 245 g/mol. The first-order valence-corrected chi connectivity index (χ1v) is 5.55. The zero-order valence-corrected chi connectivity index (χ0v) is 9.11. The molecular weight excluding hydrogens is 236 g/mol. The highest BCUT2D eigenvalue weighted by Gasteiger charge is 2.42. The molecule has 0 spiro atoms. The second-order valence-corrected chi connectivity index (χ2v) is 5.70. The molecule has 1 nitrogen and oxygen atoms in total. The fraction of sp³-hybridized carbons (Fsp3) is 0.444. The first kappa shape index (κ1) is 8.45.